The summed E-state index contributed by atoms with van der Waals surface area (Å²) in [6, 6.07) is 9.29. The van der Waals surface area contributed by atoms with Crippen LogP contribution in [-0.4, -0.2) is 35.4 Å². The number of nitrogens with one attached hydrogen (secondary N) is 1. The van der Waals surface area contributed by atoms with Gasteiger partial charge in [0, 0.05) is 6.42 Å². The van der Waals surface area contributed by atoms with Gasteiger partial charge in [-0.05, 0) is 25.0 Å². The van der Waals surface area contributed by atoms with Gasteiger partial charge in [0.05, 0.1) is 13.7 Å². The Balaban J connectivity index is 1.99. The van der Waals surface area contributed by atoms with Gasteiger partial charge in [-0.25, -0.2) is 4.79 Å². The normalized spacial score (nSPS) is 13.5. The third kappa shape index (κ3) is 5.56. The molecule has 0 aliphatic carbocycles. The fraction of sp³-hybridized carbons (Fsp3) is 0.500. The number of para-hydroxylation sites is 1. The first-order valence-electron chi connectivity index (χ1n) is 8.25. The first-order chi connectivity index (χ1) is 11.9. The van der Waals surface area contributed by atoms with Crippen molar-refractivity contribution in [1.82, 2.24) is 15.5 Å². The highest BCUT2D eigenvalue weighted by Crippen LogP contribution is 2.14. The number of hydrogen-bond acceptors (Lipinski definition) is 7. The molecule has 0 aliphatic heterocycles. The third-order valence-electron chi connectivity index (χ3n) is 3.64. The summed E-state index contributed by atoms with van der Waals surface area (Å²) in [7, 11) is 1.35. The van der Waals surface area contributed by atoms with Crippen LogP contribution in [-0.2, 0) is 22.5 Å². The van der Waals surface area contributed by atoms with Crippen molar-refractivity contribution >= 4 is 5.97 Å². The van der Waals surface area contributed by atoms with Crippen molar-refractivity contribution in [1.29, 1.82) is 0 Å². The molecule has 2 aromatic rings. The zero-order chi connectivity index (χ0) is 18.3. The average Bonchev–Trinajstić information content (AvgIpc) is 3.05. The molecule has 0 radical (unpaired) electrons. The van der Waals surface area contributed by atoms with Crippen molar-refractivity contribution in [3.05, 3.63) is 42.0 Å². The molecule has 0 saturated carbocycles. The standard InChI is InChI=1S/C18H25N3O4/c1-13(2)10-15-20-16(25-21-15)11-19-18(3,17(22)23-4)12-24-14-8-6-5-7-9-14/h5-9,13,19H,10-12H2,1-4H3/t18-/m0/s1. The second-order valence-electron chi connectivity index (χ2n) is 6.48. The minimum atomic E-state index is -1.04. The summed E-state index contributed by atoms with van der Waals surface area (Å²) in [5.74, 6) is 1.78. The van der Waals surface area contributed by atoms with Crippen LogP contribution in [0.3, 0.4) is 0 Å². The Bertz CT molecular complexity index is 672. The van der Waals surface area contributed by atoms with E-state index in [1.54, 1.807) is 6.92 Å². The van der Waals surface area contributed by atoms with E-state index in [9.17, 15) is 4.79 Å². The lowest BCUT2D eigenvalue weighted by Crippen LogP contribution is -2.54. The Labute approximate surface area is 147 Å². The number of benzene rings is 1. The van der Waals surface area contributed by atoms with Gasteiger partial charge in [-0.3, -0.25) is 5.32 Å². The first kappa shape index (κ1) is 18.9. The zero-order valence-corrected chi connectivity index (χ0v) is 15.1. The zero-order valence-electron chi connectivity index (χ0n) is 15.1. The molecule has 1 N–H and O–H groups in total. The highest BCUT2D eigenvalue weighted by atomic mass is 16.5. The van der Waals surface area contributed by atoms with Gasteiger partial charge in [0.15, 0.2) is 5.82 Å². The second-order valence-corrected chi connectivity index (χ2v) is 6.48. The largest absolute Gasteiger partial charge is 0.491 e. The smallest absolute Gasteiger partial charge is 0.329 e. The molecule has 0 bridgehead atoms. The fourth-order valence-corrected chi connectivity index (χ4v) is 2.23. The SMILES string of the molecule is COC(=O)[C@](C)(COc1ccccc1)NCc1nc(CC(C)C)no1. The van der Waals surface area contributed by atoms with Gasteiger partial charge in [0.1, 0.15) is 17.9 Å². The molecule has 0 unspecified atom stereocenters. The molecular formula is C18H25N3O4. The lowest BCUT2D eigenvalue weighted by Gasteiger charge is -2.27. The number of aromatic nitrogens is 2. The summed E-state index contributed by atoms with van der Waals surface area (Å²) < 4.78 is 15.8. The molecular weight excluding hydrogens is 322 g/mol. The maximum atomic E-state index is 12.2. The fourth-order valence-electron chi connectivity index (χ4n) is 2.23. The predicted octanol–water partition coefficient (Wildman–Crippen LogP) is 2.37. The molecule has 1 atom stereocenters. The summed E-state index contributed by atoms with van der Waals surface area (Å²) >= 11 is 0. The van der Waals surface area contributed by atoms with E-state index >= 15 is 0 Å². The topological polar surface area (TPSA) is 86.5 Å². The number of hydrogen-bond donors (Lipinski definition) is 1. The molecule has 0 saturated heterocycles. The first-order valence-corrected chi connectivity index (χ1v) is 8.25. The van der Waals surface area contributed by atoms with Gasteiger partial charge < -0.3 is 14.0 Å². The van der Waals surface area contributed by atoms with Crippen LogP contribution >= 0.6 is 0 Å². The van der Waals surface area contributed by atoms with Crippen LogP contribution in [0.25, 0.3) is 0 Å². The van der Waals surface area contributed by atoms with Crippen molar-refractivity contribution in [2.75, 3.05) is 13.7 Å². The van der Waals surface area contributed by atoms with Crippen LogP contribution in [0.2, 0.25) is 0 Å². The highest BCUT2D eigenvalue weighted by molar-refractivity contribution is 5.80. The van der Waals surface area contributed by atoms with Crippen LogP contribution in [0, 0.1) is 5.92 Å². The van der Waals surface area contributed by atoms with E-state index in [0.29, 0.717) is 23.4 Å². The number of methoxy groups -OCH3 is 1. The van der Waals surface area contributed by atoms with Gasteiger partial charge in [-0.2, -0.15) is 4.98 Å². The minimum absolute atomic E-state index is 0.108. The number of carbonyl (C=O) groups is 1. The summed E-state index contributed by atoms with van der Waals surface area (Å²) in [4.78, 5) is 16.5. The van der Waals surface area contributed by atoms with Gasteiger partial charge in [-0.1, -0.05) is 37.2 Å². The van der Waals surface area contributed by atoms with Crippen molar-refractivity contribution in [2.45, 2.75) is 39.3 Å². The molecule has 0 spiro atoms. The van der Waals surface area contributed by atoms with Crippen LogP contribution in [0.5, 0.6) is 5.75 Å². The minimum Gasteiger partial charge on any atom is -0.491 e. The van der Waals surface area contributed by atoms with Crippen LogP contribution in [0.15, 0.2) is 34.9 Å². The van der Waals surface area contributed by atoms with Crippen LogP contribution in [0.1, 0.15) is 32.5 Å². The molecule has 1 heterocycles. The van der Waals surface area contributed by atoms with Crippen molar-refractivity contribution in [3.8, 4) is 5.75 Å². The molecule has 25 heavy (non-hydrogen) atoms. The van der Waals surface area contributed by atoms with Crippen molar-refractivity contribution in [2.24, 2.45) is 5.92 Å². The van der Waals surface area contributed by atoms with E-state index in [1.165, 1.54) is 7.11 Å². The van der Waals surface area contributed by atoms with Gasteiger partial charge in [0.2, 0.25) is 5.89 Å². The second kappa shape index (κ2) is 8.62. The van der Waals surface area contributed by atoms with E-state index < -0.39 is 11.5 Å². The van der Waals surface area contributed by atoms with E-state index in [2.05, 4.69) is 29.3 Å². The summed E-state index contributed by atoms with van der Waals surface area (Å²) in [5.41, 5.74) is -1.04. The van der Waals surface area contributed by atoms with Crippen LogP contribution in [0.4, 0.5) is 0 Å². The number of esters is 1. The van der Waals surface area contributed by atoms with E-state index in [-0.39, 0.29) is 13.2 Å². The molecule has 7 nitrogen and oxygen atoms in total. The third-order valence-corrected chi connectivity index (χ3v) is 3.64. The predicted molar refractivity (Wildman–Crippen MR) is 92.0 cm³/mol. The Hall–Kier alpha value is -2.41. The summed E-state index contributed by atoms with van der Waals surface area (Å²) in [6.07, 6.45) is 0.745. The number of nitrogens with zero attached hydrogens (tertiary/aromatic N) is 2. The molecule has 2 rings (SSSR count). The molecule has 7 heteroatoms. The lowest BCUT2D eigenvalue weighted by molar-refractivity contribution is -0.149. The lowest BCUT2D eigenvalue weighted by atomic mass is 10.0. The number of ether oxygens (including phenoxy) is 2. The monoisotopic (exact) mass is 347 g/mol. The average molecular weight is 347 g/mol. The van der Waals surface area contributed by atoms with Crippen molar-refractivity contribution < 1.29 is 18.8 Å². The number of carbonyl (C=O) groups excluding carboxylic acids is 1. The summed E-state index contributed by atoms with van der Waals surface area (Å²) in [6.45, 7) is 6.24. The van der Waals surface area contributed by atoms with E-state index in [1.807, 2.05) is 30.3 Å². The molecule has 1 aromatic carbocycles. The van der Waals surface area contributed by atoms with Gasteiger partial charge in [-0.15, -0.1) is 0 Å². The Morgan fingerprint density at radius 2 is 2.04 bits per heavy atom. The molecule has 0 fully saturated rings. The highest BCUT2D eigenvalue weighted by Gasteiger charge is 2.35. The van der Waals surface area contributed by atoms with E-state index in [0.717, 1.165) is 6.42 Å². The van der Waals surface area contributed by atoms with Gasteiger partial charge >= 0.3 is 5.97 Å². The van der Waals surface area contributed by atoms with E-state index in [4.69, 9.17) is 14.0 Å². The maximum Gasteiger partial charge on any atom is 0.329 e. The molecule has 1 aromatic heterocycles. The maximum absolute atomic E-state index is 12.2. The Morgan fingerprint density at radius 1 is 1.32 bits per heavy atom. The quantitative estimate of drug-likeness (QED) is 0.697. The molecule has 136 valence electrons. The Morgan fingerprint density at radius 3 is 2.68 bits per heavy atom. The van der Waals surface area contributed by atoms with Crippen molar-refractivity contribution in [3.63, 3.8) is 0 Å². The number of rotatable bonds is 9. The molecule has 0 amide bonds. The molecule has 0 aliphatic rings. The Kier molecular flexibility index (Phi) is 6.52. The summed E-state index contributed by atoms with van der Waals surface area (Å²) in [5, 5.41) is 7.05. The van der Waals surface area contributed by atoms with Gasteiger partial charge in [0.25, 0.3) is 0 Å². The van der Waals surface area contributed by atoms with Crippen LogP contribution < -0.4 is 10.1 Å².